The molecule has 208 valence electrons. The van der Waals surface area contributed by atoms with Gasteiger partial charge in [0.2, 0.25) is 5.91 Å². The molecule has 0 saturated heterocycles. The number of carbonyl (C=O) groups is 2. The van der Waals surface area contributed by atoms with Gasteiger partial charge in [0, 0.05) is 25.2 Å². The fourth-order valence-electron chi connectivity index (χ4n) is 5.08. The Labute approximate surface area is 233 Å². The summed E-state index contributed by atoms with van der Waals surface area (Å²) < 4.78 is 1.57. The maximum absolute atomic E-state index is 13.8. The van der Waals surface area contributed by atoms with Gasteiger partial charge in [-0.3, -0.25) is 14.4 Å². The maximum atomic E-state index is 13.8. The Morgan fingerprint density at radius 1 is 0.974 bits per heavy atom. The summed E-state index contributed by atoms with van der Waals surface area (Å²) >= 11 is 0. The summed E-state index contributed by atoms with van der Waals surface area (Å²) in [5.41, 5.74) is 6.22. The number of pyridine rings is 1. The van der Waals surface area contributed by atoms with Crippen molar-refractivity contribution in [2.24, 2.45) is 5.92 Å². The van der Waals surface area contributed by atoms with Gasteiger partial charge in [0.1, 0.15) is 11.8 Å². The molecule has 1 N–H and O–H groups in total. The third-order valence-electron chi connectivity index (χ3n) is 7.05. The van der Waals surface area contributed by atoms with Crippen LogP contribution >= 0.6 is 0 Å². The molecular formula is C33H43N3O3. The van der Waals surface area contributed by atoms with Crippen molar-refractivity contribution in [3.8, 4) is 11.1 Å². The highest BCUT2D eigenvalue weighted by molar-refractivity contribution is 5.83. The van der Waals surface area contributed by atoms with Gasteiger partial charge >= 0.3 is 0 Å². The average molecular weight is 530 g/mol. The van der Waals surface area contributed by atoms with Crippen LogP contribution in [-0.4, -0.2) is 41.8 Å². The van der Waals surface area contributed by atoms with Crippen molar-refractivity contribution in [2.75, 3.05) is 20.6 Å². The summed E-state index contributed by atoms with van der Waals surface area (Å²) in [7, 11) is 4.02. The van der Waals surface area contributed by atoms with Crippen LogP contribution in [0, 0.1) is 19.8 Å². The number of Topliss-reactive ketones (excluding diaryl/α,β-unsaturated/α-hetero) is 1. The number of aryl methyl sites for hydroxylation is 2. The van der Waals surface area contributed by atoms with Crippen molar-refractivity contribution in [1.29, 1.82) is 0 Å². The zero-order valence-electron chi connectivity index (χ0n) is 24.5. The predicted molar refractivity (Wildman–Crippen MR) is 159 cm³/mol. The van der Waals surface area contributed by atoms with E-state index in [-0.39, 0.29) is 29.6 Å². The maximum Gasteiger partial charge on any atom is 0.251 e. The third kappa shape index (κ3) is 8.24. The topological polar surface area (TPSA) is 71.4 Å². The molecule has 3 rings (SSSR count). The Bertz CT molecular complexity index is 1340. The summed E-state index contributed by atoms with van der Waals surface area (Å²) in [6.07, 6.45) is 3.29. The van der Waals surface area contributed by atoms with Crippen LogP contribution in [0.4, 0.5) is 0 Å². The molecule has 0 radical (unpaired) electrons. The van der Waals surface area contributed by atoms with Gasteiger partial charge in [-0.05, 0) is 93.1 Å². The lowest BCUT2D eigenvalue weighted by molar-refractivity contribution is -0.126. The largest absolute Gasteiger partial charge is 0.347 e. The minimum atomic E-state index is -0.673. The summed E-state index contributed by atoms with van der Waals surface area (Å²) in [4.78, 5) is 41.2. The molecule has 0 fully saturated rings. The number of hydrogen-bond donors (Lipinski definition) is 1. The average Bonchev–Trinajstić information content (AvgIpc) is 2.86. The molecule has 0 aliphatic carbocycles. The molecule has 1 aromatic heterocycles. The lowest BCUT2D eigenvalue weighted by Gasteiger charge is -2.26. The Balaban J connectivity index is 1.97. The van der Waals surface area contributed by atoms with E-state index in [1.165, 1.54) is 11.1 Å². The van der Waals surface area contributed by atoms with Crippen LogP contribution in [0.1, 0.15) is 68.0 Å². The molecule has 0 unspecified atom stereocenters. The molecule has 0 aliphatic heterocycles. The number of likely N-dealkylation sites (N-methyl/N-ethyl adjacent to an activating group) is 1. The predicted octanol–water partition coefficient (Wildman–Crippen LogP) is 5.66. The van der Waals surface area contributed by atoms with E-state index in [1.807, 2.05) is 58.4 Å². The zero-order valence-corrected chi connectivity index (χ0v) is 24.5. The molecule has 6 heteroatoms. The number of carbonyl (C=O) groups excluding carboxylic acids is 2. The lowest BCUT2D eigenvalue weighted by Crippen LogP contribution is -2.40. The van der Waals surface area contributed by atoms with Crippen molar-refractivity contribution < 1.29 is 9.59 Å². The van der Waals surface area contributed by atoms with E-state index < -0.39 is 12.1 Å². The Kier molecular flexibility index (Phi) is 10.4. The molecule has 2 aromatic carbocycles. The van der Waals surface area contributed by atoms with Gasteiger partial charge < -0.3 is 14.8 Å². The van der Waals surface area contributed by atoms with Crippen LogP contribution < -0.4 is 10.9 Å². The van der Waals surface area contributed by atoms with E-state index in [2.05, 4.69) is 48.3 Å². The first-order chi connectivity index (χ1) is 18.5. The Morgan fingerprint density at radius 3 is 2.26 bits per heavy atom. The number of nitrogens with zero attached hydrogens (tertiary/aromatic N) is 2. The minimum absolute atomic E-state index is 0.0129. The monoisotopic (exact) mass is 529 g/mol. The molecule has 3 aromatic rings. The lowest BCUT2D eigenvalue weighted by atomic mass is 9.92. The van der Waals surface area contributed by atoms with E-state index in [0.717, 1.165) is 35.2 Å². The molecule has 0 bridgehead atoms. The van der Waals surface area contributed by atoms with Crippen LogP contribution in [-0.2, 0) is 16.0 Å². The van der Waals surface area contributed by atoms with Gasteiger partial charge in [-0.2, -0.15) is 0 Å². The Hall–Kier alpha value is -3.51. The van der Waals surface area contributed by atoms with Gasteiger partial charge in [0.05, 0.1) is 6.04 Å². The summed E-state index contributed by atoms with van der Waals surface area (Å²) in [6.45, 7) is 10.6. The highest BCUT2D eigenvalue weighted by atomic mass is 16.2. The van der Waals surface area contributed by atoms with Crippen LogP contribution in [0.15, 0.2) is 65.6 Å². The van der Waals surface area contributed by atoms with Crippen molar-refractivity contribution in [2.45, 2.75) is 66.0 Å². The zero-order chi connectivity index (χ0) is 28.7. The highest BCUT2D eigenvalue weighted by Crippen LogP contribution is 2.30. The number of benzene rings is 2. The first-order valence-corrected chi connectivity index (χ1v) is 13.8. The second-order valence-corrected chi connectivity index (χ2v) is 11.3. The fraction of sp³-hybridized carbons (Fsp3) is 0.424. The molecule has 0 spiro atoms. The molecule has 6 nitrogen and oxygen atoms in total. The number of rotatable bonds is 12. The molecular weight excluding hydrogens is 486 g/mol. The van der Waals surface area contributed by atoms with E-state index in [9.17, 15) is 14.4 Å². The smallest absolute Gasteiger partial charge is 0.251 e. The van der Waals surface area contributed by atoms with E-state index in [1.54, 1.807) is 17.6 Å². The van der Waals surface area contributed by atoms with Gasteiger partial charge in [-0.1, -0.05) is 56.3 Å². The molecule has 0 aliphatic rings. The van der Waals surface area contributed by atoms with Crippen LogP contribution in [0.5, 0.6) is 0 Å². The van der Waals surface area contributed by atoms with Crippen molar-refractivity contribution in [3.63, 3.8) is 0 Å². The minimum Gasteiger partial charge on any atom is -0.347 e. The van der Waals surface area contributed by atoms with Crippen molar-refractivity contribution in [1.82, 2.24) is 14.8 Å². The number of amides is 1. The summed E-state index contributed by atoms with van der Waals surface area (Å²) in [6, 6.07) is 16.5. The van der Waals surface area contributed by atoms with Gasteiger partial charge in [0.25, 0.3) is 5.56 Å². The standard InChI is InChI=1S/C33H43N3O3/c1-22(2)18-30(36-21-26(14-15-31(36)38)16-17-35(6)7)33(39)34-29(19-25(5)37)27-12-9-13-28(20-27)32-23(3)10-8-11-24(32)4/h8-15,20-22,29-30H,16-19H2,1-7H3,(H,34,39)/t29-,30+/m0/s1. The normalized spacial score (nSPS) is 12.9. The van der Waals surface area contributed by atoms with E-state index in [4.69, 9.17) is 0 Å². The third-order valence-corrected chi connectivity index (χ3v) is 7.05. The summed E-state index contributed by atoms with van der Waals surface area (Å²) in [5, 5.41) is 3.15. The van der Waals surface area contributed by atoms with Gasteiger partial charge in [-0.25, -0.2) is 0 Å². The second kappa shape index (κ2) is 13.5. The van der Waals surface area contributed by atoms with E-state index >= 15 is 0 Å². The molecule has 39 heavy (non-hydrogen) atoms. The second-order valence-electron chi connectivity index (χ2n) is 11.3. The van der Waals surface area contributed by atoms with Crippen molar-refractivity contribution in [3.05, 3.63) is 93.4 Å². The molecule has 1 amide bonds. The first-order valence-electron chi connectivity index (χ1n) is 13.8. The SMILES string of the molecule is CC(=O)C[C@H](NC(=O)[C@@H](CC(C)C)n1cc(CCN(C)C)ccc1=O)c1cccc(-c2c(C)cccc2C)c1. The van der Waals surface area contributed by atoms with E-state index in [0.29, 0.717) is 6.42 Å². The van der Waals surface area contributed by atoms with Crippen LogP contribution in [0.2, 0.25) is 0 Å². The van der Waals surface area contributed by atoms with Gasteiger partial charge in [0.15, 0.2) is 0 Å². The highest BCUT2D eigenvalue weighted by Gasteiger charge is 2.27. The molecule has 0 saturated carbocycles. The number of aromatic nitrogens is 1. The number of hydrogen-bond acceptors (Lipinski definition) is 4. The number of nitrogens with one attached hydrogen (secondary N) is 1. The summed E-state index contributed by atoms with van der Waals surface area (Å²) in [5.74, 6) is -0.0722. The van der Waals surface area contributed by atoms with Crippen LogP contribution in [0.3, 0.4) is 0 Å². The fourth-order valence-corrected chi connectivity index (χ4v) is 5.08. The molecule has 1 heterocycles. The quantitative estimate of drug-likeness (QED) is 0.329. The molecule has 2 atom stereocenters. The first kappa shape index (κ1) is 30.0. The van der Waals surface area contributed by atoms with Crippen LogP contribution in [0.25, 0.3) is 11.1 Å². The Morgan fingerprint density at radius 2 is 1.64 bits per heavy atom. The van der Waals surface area contributed by atoms with Gasteiger partial charge in [-0.15, -0.1) is 0 Å². The van der Waals surface area contributed by atoms with Crippen molar-refractivity contribution >= 4 is 11.7 Å². The number of ketones is 1.